The molecule has 1 heterocycles. The van der Waals surface area contributed by atoms with Crippen LogP contribution in [0.3, 0.4) is 0 Å². The first-order chi connectivity index (χ1) is 14.6. The molecule has 158 valence electrons. The van der Waals surface area contributed by atoms with Crippen LogP contribution in [0, 0.1) is 11.6 Å². The van der Waals surface area contributed by atoms with Gasteiger partial charge in [0.2, 0.25) is 5.82 Å². The molecule has 0 unspecified atom stereocenters. The van der Waals surface area contributed by atoms with E-state index in [0.29, 0.717) is 0 Å². The fraction of sp³-hybridized carbons (Fsp3) is 0.0476. The van der Waals surface area contributed by atoms with Crippen LogP contribution in [0.5, 0.6) is 5.75 Å². The Kier molecular flexibility index (Phi) is 4.84. The number of rotatable bonds is 3. The summed E-state index contributed by atoms with van der Waals surface area (Å²) in [5.41, 5.74) is -0.192. The highest BCUT2D eigenvalue weighted by molar-refractivity contribution is 6.04. The first-order valence-electron chi connectivity index (χ1n) is 8.79. The Morgan fingerprint density at radius 3 is 2.39 bits per heavy atom. The van der Waals surface area contributed by atoms with Gasteiger partial charge in [0.15, 0.2) is 11.6 Å². The second kappa shape index (κ2) is 7.38. The number of hydrogen-bond acceptors (Lipinski definition) is 3. The number of alkyl halides is 3. The minimum Gasteiger partial charge on any atom is -0.508 e. The Balaban J connectivity index is 1.69. The third kappa shape index (κ3) is 3.79. The van der Waals surface area contributed by atoms with Gasteiger partial charge < -0.3 is 10.4 Å². The van der Waals surface area contributed by atoms with Crippen LogP contribution >= 0.6 is 0 Å². The highest BCUT2D eigenvalue weighted by Crippen LogP contribution is 2.35. The Hall–Kier alpha value is -3.95. The number of halogens is 5. The van der Waals surface area contributed by atoms with E-state index in [1.54, 1.807) is 0 Å². The number of amides is 1. The Morgan fingerprint density at radius 2 is 1.71 bits per heavy atom. The van der Waals surface area contributed by atoms with Crippen LogP contribution in [-0.4, -0.2) is 20.6 Å². The Morgan fingerprint density at radius 1 is 1.00 bits per heavy atom. The summed E-state index contributed by atoms with van der Waals surface area (Å²) in [5, 5.41) is 11.9. The second-order valence-electron chi connectivity index (χ2n) is 6.54. The number of aromatic nitrogens is 2. The van der Waals surface area contributed by atoms with Crippen molar-refractivity contribution in [2.75, 3.05) is 5.32 Å². The van der Waals surface area contributed by atoms with Gasteiger partial charge in [-0.2, -0.15) is 13.2 Å². The van der Waals surface area contributed by atoms with E-state index in [2.05, 4.69) is 10.3 Å². The number of anilines is 1. The molecule has 0 saturated heterocycles. The summed E-state index contributed by atoms with van der Waals surface area (Å²) in [6.07, 6.45) is -4.77. The predicted molar refractivity (Wildman–Crippen MR) is 102 cm³/mol. The molecule has 3 aromatic carbocycles. The zero-order valence-electron chi connectivity index (χ0n) is 15.4. The third-order valence-corrected chi connectivity index (χ3v) is 4.47. The molecule has 4 rings (SSSR count). The van der Waals surface area contributed by atoms with Gasteiger partial charge in [0, 0.05) is 17.4 Å². The van der Waals surface area contributed by atoms with Crippen LogP contribution in [0.1, 0.15) is 16.2 Å². The summed E-state index contributed by atoms with van der Waals surface area (Å²) < 4.78 is 68.5. The number of carbonyl (C=O) groups is 1. The summed E-state index contributed by atoms with van der Waals surface area (Å²) in [4.78, 5) is 15.8. The third-order valence-electron chi connectivity index (χ3n) is 4.47. The molecule has 10 heteroatoms. The van der Waals surface area contributed by atoms with E-state index in [9.17, 15) is 31.9 Å². The Bertz CT molecular complexity index is 1300. The smallest absolute Gasteiger partial charge is 0.450 e. The molecule has 4 aromatic rings. The van der Waals surface area contributed by atoms with Crippen molar-refractivity contribution < 1.29 is 31.9 Å². The normalized spacial score (nSPS) is 11.6. The molecule has 0 saturated carbocycles. The SMILES string of the molecule is O=C(Nc1ccc(-n2c(C(F)(F)F)nc3cc(O)ccc32)cc1)c1cccc(F)c1F. The molecule has 5 nitrogen and oxygen atoms in total. The molecule has 0 atom stereocenters. The number of phenols is 1. The van der Waals surface area contributed by atoms with Crippen molar-refractivity contribution in [3.8, 4) is 11.4 Å². The number of aromatic hydroxyl groups is 1. The number of imidazole rings is 1. The number of benzene rings is 3. The monoisotopic (exact) mass is 433 g/mol. The summed E-state index contributed by atoms with van der Waals surface area (Å²) in [6, 6.07) is 12.0. The lowest BCUT2D eigenvalue weighted by Crippen LogP contribution is -2.15. The van der Waals surface area contributed by atoms with Crippen LogP contribution in [0.25, 0.3) is 16.7 Å². The van der Waals surface area contributed by atoms with Gasteiger partial charge in [-0.3, -0.25) is 9.36 Å². The van der Waals surface area contributed by atoms with Gasteiger partial charge in [-0.1, -0.05) is 6.07 Å². The number of fused-ring (bicyclic) bond motifs is 1. The molecule has 0 spiro atoms. The van der Waals surface area contributed by atoms with Crippen molar-refractivity contribution in [3.05, 3.63) is 83.7 Å². The average Bonchev–Trinajstić information content (AvgIpc) is 3.09. The minimum atomic E-state index is -4.77. The van der Waals surface area contributed by atoms with Crippen LogP contribution < -0.4 is 5.32 Å². The van der Waals surface area contributed by atoms with Gasteiger partial charge in [-0.25, -0.2) is 13.8 Å². The maximum Gasteiger partial charge on any atom is 0.450 e. The largest absolute Gasteiger partial charge is 0.508 e. The van der Waals surface area contributed by atoms with E-state index >= 15 is 0 Å². The van der Waals surface area contributed by atoms with Crippen molar-refractivity contribution >= 4 is 22.6 Å². The zero-order valence-corrected chi connectivity index (χ0v) is 15.4. The van der Waals surface area contributed by atoms with Crippen molar-refractivity contribution in [3.63, 3.8) is 0 Å². The van der Waals surface area contributed by atoms with Gasteiger partial charge >= 0.3 is 6.18 Å². The number of phenolic OH excluding ortho intramolecular Hbond substituents is 1. The molecule has 1 aromatic heterocycles. The lowest BCUT2D eigenvalue weighted by molar-refractivity contribution is -0.145. The first-order valence-corrected chi connectivity index (χ1v) is 8.79. The lowest BCUT2D eigenvalue weighted by atomic mass is 10.2. The molecular formula is C21H12F5N3O2. The van der Waals surface area contributed by atoms with Gasteiger partial charge in [0.05, 0.1) is 16.6 Å². The van der Waals surface area contributed by atoms with E-state index in [-0.39, 0.29) is 28.2 Å². The van der Waals surface area contributed by atoms with Crippen molar-refractivity contribution in [1.29, 1.82) is 0 Å². The molecule has 31 heavy (non-hydrogen) atoms. The topological polar surface area (TPSA) is 67.2 Å². The molecule has 2 N–H and O–H groups in total. The van der Waals surface area contributed by atoms with E-state index < -0.39 is 35.1 Å². The number of hydrogen-bond donors (Lipinski definition) is 2. The van der Waals surface area contributed by atoms with E-state index in [1.807, 2.05) is 0 Å². The van der Waals surface area contributed by atoms with Gasteiger partial charge in [0.1, 0.15) is 5.75 Å². The highest BCUT2D eigenvalue weighted by atomic mass is 19.4. The summed E-state index contributed by atoms with van der Waals surface area (Å²) in [7, 11) is 0. The summed E-state index contributed by atoms with van der Waals surface area (Å²) in [5.74, 6) is -4.82. The molecule has 0 aliphatic rings. The predicted octanol–water partition coefficient (Wildman–Crippen LogP) is 5.28. The van der Waals surface area contributed by atoms with Crippen LogP contribution in [0.15, 0.2) is 60.7 Å². The van der Waals surface area contributed by atoms with Gasteiger partial charge in [-0.15, -0.1) is 0 Å². The zero-order chi connectivity index (χ0) is 22.3. The van der Waals surface area contributed by atoms with Crippen molar-refractivity contribution in [2.24, 2.45) is 0 Å². The summed E-state index contributed by atoms with van der Waals surface area (Å²) >= 11 is 0. The van der Waals surface area contributed by atoms with Crippen molar-refractivity contribution in [1.82, 2.24) is 9.55 Å². The van der Waals surface area contributed by atoms with E-state index in [4.69, 9.17) is 0 Å². The quantitative estimate of drug-likeness (QED) is 0.432. The minimum absolute atomic E-state index is 0.0497. The lowest BCUT2D eigenvalue weighted by Gasteiger charge is -2.12. The maximum absolute atomic E-state index is 13.8. The van der Waals surface area contributed by atoms with Crippen molar-refractivity contribution in [2.45, 2.75) is 6.18 Å². The molecule has 0 aliphatic carbocycles. The van der Waals surface area contributed by atoms with E-state index in [1.165, 1.54) is 42.5 Å². The molecule has 0 radical (unpaired) electrons. The molecule has 0 aliphatic heterocycles. The fourth-order valence-electron chi connectivity index (χ4n) is 3.09. The molecule has 1 amide bonds. The number of nitrogens with one attached hydrogen (secondary N) is 1. The molecule has 0 fully saturated rings. The highest BCUT2D eigenvalue weighted by Gasteiger charge is 2.38. The number of nitrogens with zero attached hydrogens (tertiary/aromatic N) is 2. The number of carbonyl (C=O) groups excluding carboxylic acids is 1. The van der Waals surface area contributed by atoms with Crippen LogP contribution in [-0.2, 0) is 6.18 Å². The Labute approximate surface area is 171 Å². The van der Waals surface area contributed by atoms with E-state index in [0.717, 1.165) is 22.8 Å². The van der Waals surface area contributed by atoms with Crippen LogP contribution in [0.2, 0.25) is 0 Å². The fourth-order valence-corrected chi connectivity index (χ4v) is 3.09. The average molecular weight is 433 g/mol. The standard InChI is InChI=1S/C21H12F5N3O2/c22-15-3-1-2-14(18(15)23)19(31)27-11-4-6-12(7-5-11)29-17-9-8-13(30)10-16(17)28-20(29)21(24,25)26/h1-10,30H,(H,27,31). The molecule has 0 bridgehead atoms. The second-order valence-corrected chi connectivity index (χ2v) is 6.54. The first kappa shape index (κ1) is 20.3. The van der Waals surface area contributed by atoms with Gasteiger partial charge in [0.25, 0.3) is 5.91 Å². The van der Waals surface area contributed by atoms with Crippen LogP contribution in [0.4, 0.5) is 27.6 Å². The molecular weight excluding hydrogens is 421 g/mol. The maximum atomic E-state index is 13.8. The van der Waals surface area contributed by atoms with Gasteiger partial charge in [-0.05, 0) is 48.5 Å². The summed E-state index contributed by atoms with van der Waals surface area (Å²) in [6.45, 7) is 0.